The van der Waals surface area contributed by atoms with Crippen molar-refractivity contribution in [3.05, 3.63) is 42.0 Å². The van der Waals surface area contributed by atoms with Crippen LogP contribution in [0.3, 0.4) is 0 Å². The summed E-state index contributed by atoms with van der Waals surface area (Å²) >= 11 is 0. The van der Waals surface area contributed by atoms with Crippen LogP contribution < -0.4 is 10.6 Å². The molecule has 2 rings (SSSR count). The number of carbonyl (C=O) groups excluding carboxylic acids is 2. The number of hydrogen-bond donors (Lipinski definition) is 3. The van der Waals surface area contributed by atoms with Crippen molar-refractivity contribution in [3.63, 3.8) is 0 Å². The lowest BCUT2D eigenvalue weighted by molar-refractivity contribution is -0.127. The zero-order valence-corrected chi connectivity index (χ0v) is 14.1. The van der Waals surface area contributed by atoms with Crippen LogP contribution in [0.25, 0.3) is 6.08 Å². The van der Waals surface area contributed by atoms with Gasteiger partial charge in [-0.3, -0.25) is 9.59 Å². The van der Waals surface area contributed by atoms with E-state index in [1.54, 1.807) is 13.0 Å². The van der Waals surface area contributed by atoms with Crippen LogP contribution in [0.5, 0.6) is 0 Å². The predicted molar refractivity (Wildman–Crippen MR) is 94.1 cm³/mol. The van der Waals surface area contributed by atoms with E-state index in [9.17, 15) is 9.59 Å². The first-order valence-corrected chi connectivity index (χ1v) is 8.53. The summed E-state index contributed by atoms with van der Waals surface area (Å²) in [4.78, 5) is 24.1. The third kappa shape index (κ3) is 5.81. The molecule has 0 heterocycles. The Morgan fingerprint density at radius 3 is 2.50 bits per heavy atom. The monoisotopic (exact) mass is 330 g/mol. The van der Waals surface area contributed by atoms with Gasteiger partial charge in [0.05, 0.1) is 0 Å². The normalized spacial score (nSPS) is 22.1. The summed E-state index contributed by atoms with van der Waals surface area (Å²) in [7, 11) is 0. The molecule has 24 heavy (non-hydrogen) atoms. The van der Waals surface area contributed by atoms with Crippen molar-refractivity contribution in [1.82, 2.24) is 10.6 Å². The van der Waals surface area contributed by atoms with Crippen LogP contribution in [0.1, 0.15) is 38.2 Å². The van der Waals surface area contributed by atoms with Crippen molar-refractivity contribution in [2.75, 3.05) is 6.61 Å². The molecule has 1 aliphatic carbocycles. The van der Waals surface area contributed by atoms with Crippen LogP contribution in [0, 0.1) is 5.92 Å². The van der Waals surface area contributed by atoms with Gasteiger partial charge in [0, 0.05) is 18.7 Å². The molecule has 0 bridgehead atoms. The lowest BCUT2D eigenvalue weighted by atomic mass is 9.86. The second-order valence-electron chi connectivity index (χ2n) is 6.38. The van der Waals surface area contributed by atoms with Gasteiger partial charge < -0.3 is 15.7 Å². The van der Waals surface area contributed by atoms with E-state index in [4.69, 9.17) is 5.11 Å². The minimum absolute atomic E-state index is 0.138. The van der Waals surface area contributed by atoms with E-state index in [1.807, 2.05) is 30.3 Å². The highest BCUT2D eigenvalue weighted by molar-refractivity contribution is 5.95. The quantitative estimate of drug-likeness (QED) is 0.697. The third-order valence-corrected chi connectivity index (χ3v) is 4.43. The second-order valence-corrected chi connectivity index (χ2v) is 6.38. The summed E-state index contributed by atoms with van der Waals surface area (Å²) in [6, 6.07) is 9.09. The van der Waals surface area contributed by atoms with Gasteiger partial charge in [-0.1, -0.05) is 30.3 Å². The summed E-state index contributed by atoms with van der Waals surface area (Å²) in [5, 5.41) is 14.8. The van der Waals surface area contributed by atoms with Gasteiger partial charge in [-0.15, -0.1) is 0 Å². The number of amides is 2. The van der Waals surface area contributed by atoms with E-state index in [2.05, 4.69) is 10.6 Å². The van der Waals surface area contributed by atoms with Crippen molar-refractivity contribution in [2.24, 2.45) is 5.92 Å². The number of benzene rings is 1. The van der Waals surface area contributed by atoms with Crippen LogP contribution >= 0.6 is 0 Å². The third-order valence-electron chi connectivity index (χ3n) is 4.43. The molecule has 3 N–H and O–H groups in total. The minimum atomic E-state index is -0.575. The van der Waals surface area contributed by atoms with Crippen molar-refractivity contribution in [3.8, 4) is 0 Å². The molecule has 1 aromatic rings. The van der Waals surface area contributed by atoms with E-state index in [0.717, 1.165) is 31.2 Å². The lowest BCUT2D eigenvalue weighted by Gasteiger charge is -2.28. The number of aliphatic hydroxyl groups is 1. The summed E-state index contributed by atoms with van der Waals surface area (Å²) in [5.41, 5.74) is 0.936. The summed E-state index contributed by atoms with van der Waals surface area (Å²) < 4.78 is 0. The van der Waals surface area contributed by atoms with Crippen molar-refractivity contribution < 1.29 is 14.7 Å². The Bertz CT molecular complexity index is 563. The maximum atomic E-state index is 12.2. The topological polar surface area (TPSA) is 78.4 Å². The number of rotatable bonds is 6. The highest BCUT2D eigenvalue weighted by Crippen LogP contribution is 2.23. The molecule has 0 spiro atoms. The van der Waals surface area contributed by atoms with E-state index in [0.29, 0.717) is 5.92 Å². The van der Waals surface area contributed by atoms with Crippen LogP contribution in [-0.4, -0.2) is 35.6 Å². The largest absolute Gasteiger partial charge is 0.396 e. The van der Waals surface area contributed by atoms with Gasteiger partial charge in [0.2, 0.25) is 11.8 Å². The molecule has 5 nitrogen and oxygen atoms in total. The standard InChI is InChI=1S/C19H26N2O3/c1-14(19(24)21-17-10-7-16(13-22)8-11-17)20-18(23)12-9-15-5-3-2-4-6-15/h2-6,9,12,14,16-17,22H,7-8,10-11,13H2,1H3,(H,20,23)(H,21,24)/b12-9+. The minimum Gasteiger partial charge on any atom is -0.396 e. The van der Waals surface area contributed by atoms with Gasteiger partial charge in [0.15, 0.2) is 0 Å². The van der Waals surface area contributed by atoms with Crippen LogP contribution in [0.15, 0.2) is 36.4 Å². The second kappa shape index (κ2) is 9.23. The number of aliphatic hydroxyl groups excluding tert-OH is 1. The fourth-order valence-electron chi connectivity index (χ4n) is 2.88. The van der Waals surface area contributed by atoms with Gasteiger partial charge >= 0.3 is 0 Å². The van der Waals surface area contributed by atoms with Crippen LogP contribution in [0.4, 0.5) is 0 Å². The van der Waals surface area contributed by atoms with Gasteiger partial charge in [-0.25, -0.2) is 0 Å². The summed E-state index contributed by atoms with van der Waals surface area (Å²) in [5.74, 6) is -0.0900. The Kier molecular flexibility index (Phi) is 7.00. The Morgan fingerprint density at radius 1 is 1.21 bits per heavy atom. The maximum absolute atomic E-state index is 12.2. The fraction of sp³-hybridized carbons (Fsp3) is 0.474. The zero-order valence-electron chi connectivity index (χ0n) is 14.1. The molecule has 0 saturated heterocycles. The molecule has 1 atom stereocenters. The molecule has 2 amide bonds. The molecule has 1 aromatic carbocycles. The molecule has 0 radical (unpaired) electrons. The maximum Gasteiger partial charge on any atom is 0.244 e. The summed E-state index contributed by atoms with van der Waals surface area (Å²) in [6.45, 7) is 1.91. The van der Waals surface area contributed by atoms with Crippen LogP contribution in [-0.2, 0) is 9.59 Å². The van der Waals surface area contributed by atoms with Gasteiger partial charge in [-0.2, -0.15) is 0 Å². The highest BCUT2D eigenvalue weighted by atomic mass is 16.3. The van der Waals surface area contributed by atoms with Gasteiger partial charge in [0.25, 0.3) is 0 Å². The van der Waals surface area contributed by atoms with Gasteiger partial charge in [-0.05, 0) is 50.2 Å². The molecular formula is C19H26N2O3. The molecule has 1 unspecified atom stereocenters. The van der Waals surface area contributed by atoms with Crippen molar-refractivity contribution in [1.29, 1.82) is 0 Å². The van der Waals surface area contributed by atoms with Crippen molar-refractivity contribution in [2.45, 2.75) is 44.7 Å². The Balaban J connectivity index is 1.75. The van der Waals surface area contributed by atoms with Crippen molar-refractivity contribution >= 4 is 17.9 Å². The van der Waals surface area contributed by atoms with Crippen LogP contribution in [0.2, 0.25) is 0 Å². The number of hydrogen-bond acceptors (Lipinski definition) is 3. The first kappa shape index (κ1) is 18.2. The van der Waals surface area contributed by atoms with Gasteiger partial charge in [0.1, 0.15) is 6.04 Å². The van der Waals surface area contributed by atoms with E-state index >= 15 is 0 Å². The number of carbonyl (C=O) groups is 2. The molecule has 130 valence electrons. The average Bonchev–Trinajstić information content (AvgIpc) is 2.61. The first-order valence-electron chi connectivity index (χ1n) is 8.53. The zero-order chi connectivity index (χ0) is 17.4. The predicted octanol–water partition coefficient (Wildman–Crippen LogP) is 1.87. The molecule has 1 aliphatic rings. The SMILES string of the molecule is CC(NC(=O)/C=C/c1ccccc1)C(=O)NC1CCC(CO)CC1. The highest BCUT2D eigenvalue weighted by Gasteiger charge is 2.23. The average molecular weight is 330 g/mol. The number of nitrogens with one attached hydrogen (secondary N) is 2. The summed E-state index contributed by atoms with van der Waals surface area (Å²) in [6.07, 6.45) is 6.78. The molecule has 1 fully saturated rings. The molecule has 1 saturated carbocycles. The van der Waals surface area contributed by atoms with E-state index in [-0.39, 0.29) is 24.5 Å². The van der Waals surface area contributed by atoms with E-state index < -0.39 is 6.04 Å². The van der Waals surface area contributed by atoms with E-state index in [1.165, 1.54) is 6.08 Å². The fourth-order valence-corrected chi connectivity index (χ4v) is 2.88. The first-order chi connectivity index (χ1) is 11.6. The smallest absolute Gasteiger partial charge is 0.244 e. The lowest BCUT2D eigenvalue weighted by Crippen LogP contribution is -2.48. The Labute approximate surface area is 143 Å². The Morgan fingerprint density at radius 2 is 1.88 bits per heavy atom. The Hall–Kier alpha value is -2.14. The molecule has 5 heteroatoms. The molecular weight excluding hydrogens is 304 g/mol. The molecule has 0 aliphatic heterocycles. The molecule has 0 aromatic heterocycles.